The number of phenols is 1. The zero-order chi connectivity index (χ0) is 18.4. The second kappa shape index (κ2) is 8.10. The monoisotopic (exact) mass is 339 g/mol. The number of para-hydroxylation sites is 1. The van der Waals surface area contributed by atoms with Crippen molar-refractivity contribution < 1.29 is 14.7 Å². The quantitative estimate of drug-likeness (QED) is 0.444. The predicted octanol–water partition coefficient (Wildman–Crippen LogP) is 2.80. The fraction of sp³-hybridized carbons (Fsp3) is 0.211. The molecule has 0 radical (unpaired) electrons. The molecule has 0 saturated carbocycles. The van der Waals surface area contributed by atoms with E-state index in [1.807, 2.05) is 25.1 Å². The van der Waals surface area contributed by atoms with Crippen molar-refractivity contribution >= 4 is 23.7 Å². The van der Waals surface area contributed by atoms with Crippen molar-refractivity contribution in [1.29, 1.82) is 0 Å². The van der Waals surface area contributed by atoms with Gasteiger partial charge < -0.3 is 10.4 Å². The fourth-order valence-electron chi connectivity index (χ4n) is 2.34. The molecule has 25 heavy (non-hydrogen) atoms. The lowest BCUT2D eigenvalue weighted by Gasteiger charge is -2.07. The number of nitrogens with one attached hydrogen (secondary N) is 2. The van der Waals surface area contributed by atoms with Crippen molar-refractivity contribution in [2.24, 2.45) is 5.10 Å². The number of aromatic hydroxyl groups is 1. The molecule has 0 fully saturated rings. The zero-order valence-electron chi connectivity index (χ0n) is 14.5. The van der Waals surface area contributed by atoms with Crippen LogP contribution in [-0.4, -0.2) is 23.1 Å². The van der Waals surface area contributed by atoms with Crippen molar-refractivity contribution in [3.63, 3.8) is 0 Å². The van der Waals surface area contributed by atoms with E-state index in [0.29, 0.717) is 5.69 Å². The summed E-state index contributed by atoms with van der Waals surface area (Å²) in [6.07, 6.45) is 1.15. The summed E-state index contributed by atoms with van der Waals surface area (Å²) in [6.45, 7) is 5.45. The van der Waals surface area contributed by atoms with Gasteiger partial charge in [-0.05, 0) is 61.2 Å². The standard InChI is InChI=1S/C19H21N3O3/c1-12-6-4-5-7-16(12)21-17(23)10-18(24)22-20-11-15-8-13(2)19(25)14(3)9-15/h4-9,11,25H,10H2,1-3H3,(H,21,23)(H,22,24)/b20-11+. The van der Waals surface area contributed by atoms with Gasteiger partial charge in [0.05, 0.1) is 6.21 Å². The van der Waals surface area contributed by atoms with Crippen LogP contribution in [0, 0.1) is 20.8 Å². The number of phenolic OH excluding ortho intramolecular Hbond substituents is 1. The van der Waals surface area contributed by atoms with E-state index in [-0.39, 0.29) is 12.2 Å². The third-order valence-corrected chi connectivity index (χ3v) is 3.66. The Morgan fingerprint density at radius 2 is 1.68 bits per heavy atom. The summed E-state index contributed by atoms with van der Waals surface area (Å²) >= 11 is 0. The molecule has 0 atom stereocenters. The van der Waals surface area contributed by atoms with Gasteiger partial charge in [0.25, 0.3) is 0 Å². The minimum absolute atomic E-state index is 0.245. The van der Waals surface area contributed by atoms with Crippen LogP contribution in [0.2, 0.25) is 0 Å². The fourth-order valence-corrected chi connectivity index (χ4v) is 2.34. The maximum absolute atomic E-state index is 11.9. The van der Waals surface area contributed by atoms with Crippen molar-refractivity contribution in [2.75, 3.05) is 5.32 Å². The number of hydrogen-bond acceptors (Lipinski definition) is 4. The number of benzene rings is 2. The second-order valence-corrected chi connectivity index (χ2v) is 5.84. The molecule has 0 aliphatic rings. The van der Waals surface area contributed by atoms with Gasteiger partial charge >= 0.3 is 0 Å². The van der Waals surface area contributed by atoms with Gasteiger partial charge in [-0.25, -0.2) is 5.43 Å². The Kier molecular flexibility index (Phi) is 5.89. The third kappa shape index (κ3) is 5.17. The van der Waals surface area contributed by atoms with Gasteiger partial charge in [-0.2, -0.15) is 5.10 Å². The van der Waals surface area contributed by atoms with Crippen LogP contribution in [0.5, 0.6) is 5.75 Å². The normalized spacial score (nSPS) is 10.7. The van der Waals surface area contributed by atoms with E-state index in [1.54, 1.807) is 32.0 Å². The van der Waals surface area contributed by atoms with Crippen LogP contribution >= 0.6 is 0 Å². The number of hydrogen-bond donors (Lipinski definition) is 3. The van der Waals surface area contributed by atoms with E-state index >= 15 is 0 Å². The van der Waals surface area contributed by atoms with Gasteiger partial charge in [-0.3, -0.25) is 9.59 Å². The average Bonchev–Trinajstić information content (AvgIpc) is 2.54. The number of nitrogens with zero attached hydrogens (tertiary/aromatic N) is 1. The summed E-state index contributed by atoms with van der Waals surface area (Å²) in [6, 6.07) is 10.8. The Balaban J connectivity index is 1.88. The molecule has 6 heteroatoms. The molecule has 0 unspecified atom stereocenters. The summed E-state index contributed by atoms with van der Waals surface area (Å²) in [5.41, 5.74) is 6.13. The number of aryl methyl sites for hydroxylation is 3. The molecule has 130 valence electrons. The van der Waals surface area contributed by atoms with E-state index in [0.717, 1.165) is 22.3 Å². The first kappa shape index (κ1) is 18.2. The van der Waals surface area contributed by atoms with Gasteiger partial charge in [0.15, 0.2) is 0 Å². The molecule has 0 aliphatic carbocycles. The Labute approximate surface area is 146 Å². The zero-order valence-corrected chi connectivity index (χ0v) is 14.5. The number of rotatable bonds is 5. The molecular formula is C19H21N3O3. The number of anilines is 1. The Morgan fingerprint density at radius 3 is 2.32 bits per heavy atom. The molecule has 2 aromatic rings. The summed E-state index contributed by atoms with van der Waals surface area (Å²) in [4.78, 5) is 23.7. The van der Waals surface area contributed by atoms with Gasteiger partial charge in [0, 0.05) is 5.69 Å². The molecule has 2 amide bonds. The molecule has 2 rings (SSSR count). The number of carbonyl (C=O) groups excluding carboxylic acids is 2. The van der Waals surface area contributed by atoms with Gasteiger partial charge in [-0.1, -0.05) is 18.2 Å². The molecule has 0 saturated heterocycles. The van der Waals surface area contributed by atoms with Crippen LogP contribution in [-0.2, 0) is 9.59 Å². The smallest absolute Gasteiger partial charge is 0.249 e. The van der Waals surface area contributed by atoms with Gasteiger partial charge in [0.1, 0.15) is 12.2 Å². The van der Waals surface area contributed by atoms with Crippen LogP contribution < -0.4 is 10.7 Å². The van der Waals surface area contributed by atoms with Crippen molar-refractivity contribution in [3.05, 3.63) is 58.7 Å². The molecule has 2 aromatic carbocycles. The first-order valence-corrected chi connectivity index (χ1v) is 7.84. The van der Waals surface area contributed by atoms with Crippen LogP contribution in [0.1, 0.15) is 28.7 Å². The lowest BCUT2D eigenvalue weighted by molar-refractivity contribution is -0.126. The Bertz CT molecular complexity index is 805. The maximum atomic E-state index is 11.9. The van der Waals surface area contributed by atoms with Crippen molar-refractivity contribution in [2.45, 2.75) is 27.2 Å². The van der Waals surface area contributed by atoms with Crippen molar-refractivity contribution in [3.8, 4) is 5.75 Å². The minimum Gasteiger partial charge on any atom is -0.507 e. The van der Waals surface area contributed by atoms with E-state index in [1.165, 1.54) is 6.21 Å². The van der Waals surface area contributed by atoms with Gasteiger partial charge in [-0.15, -0.1) is 0 Å². The molecule has 0 bridgehead atoms. The highest BCUT2D eigenvalue weighted by molar-refractivity contribution is 6.04. The highest BCUT2D eigenvalue weighted by atomic mass is 16.3. The molecule has 3 N–H and O–H groups in total. The Morgan fingerprint density at radius 1 is 1.04 bits per heavy atom. The molecule has 0 aromatic heterocycles. The number of hydrazone groups is 1. The van der Waals surface area contributed by atoms with Crippen LogP contribution in [0.3, 0.4) is 0 Å². The summed E-state index contributed by atoms with van der Waals surface area (Å²) < 4.78 is 0. The van der Waals surface area contributed by atoms with Gasteiger partial charge in [0.2, 0.25) is 11.8 Å². The van der Waals surface area contributed by atoms with Crippen LogP contribution in [0.25, 0.3) is 0 Å². The topological polar surface area (TPSA) is 90.8 Å². The van der Waals surface area contributed by atoms with Crippen LogP contribution in [0.4, 0.5) is 5.69 Å². The third-order valence-electron chi connectivity index (χ3n) is 3.66. The first-order valence-electron chi connectivity index (χ1n) is 7.84. The number of carbonyl (C=O) groups is 2. The van der Waals surface area contributed by atoms with Crippen molar-refractivity contribution in [1.82, 2.24) is 5.43 Å². The molecule has 6 nitrogen and oxygen atoms in total. The van der Waals surface area contributed by atoms with E-state index in [2.05, 4.69) is 15.8 Å². The summed E-state index contributed by atoms with van der Waals surface area (Å²) in [5.74, 6) is -0.665. The van der Waals surface area contributed by atoms with E-state index in [4.69, 9.17) is 0 Å². The number of amides is 2. The Hall–Kier alpha value is -3.15. The highest BCUT2D eigenvalue weighted by Gasteiger charge is 2.10. The van der Waals surface area contributed by atoms with Crippen LogP contribution in [0.15, 0.2) is 41.5 Å². The lowest BCUT2D eigenvalue weighted by Crippen LogP contribution is -2.24. The first-order chi connectivity index (χ1) is 11.9. The van der Waals surface area contributed by atoms with E-state index < -0.39 is 11.8 Å². The SMILES string of the molecule is Cc1ccccc1NC(=O)CC(=O)N/N=C/c1cc(C)c(O)c(C)c1. The molecule has 0 heterocycles. The minimum atomic E-state index is -0.505. The average molecular weight is 339 g/mol. The molecular weight excluding hydrogens is 318 g/mol. The largest absolute Gasteiger partial charge is 0.507 e. The second-order valence-electron chi connectivity index (χ2n) is 5.84. The lowest BCUT2D eigenvalue weighted by atomic mass is 10.1. The highest BCUT2D eigenvalue weighted by Crippen LogP contribution is 2.22. The molecule has 0 spiro atoms. The summed E-state index contributed by atoms with van der Waals surface area (Å²) in [7, 11) is 0. The van der Waals surface area contributed by atoms with E-state index in [9.17, 15) is 14.7 Å². The predicted molar refractivity (Wildman–Crippen MR) is 97.7 cm³/mol. The maximum Gasteiger partial charge on any atom is 0.249 e. The summed E-state index contributed by atoms with van der Waals surface area (Å²) in [5, 5.41) is 16.3. The molecule has 0 aliphatic heterocycles.